The number of nitriles is 1. The first kappa shape index (κ1) is 16.7. The Morgan fingerprint density at radius 1 is 1.28 bits per heavy atom. The molecule has 0 saturated carbocycles. The number of nitrogens with one attached hydrogen (secondary N) is 1. The molecule has 0 unspecified atom stereocenters. The van der Waals surface area contributed by atoms with Gasteiger partial charge < -0.3 is 4.90 Å². The van der Waals surface area contributed by atoms with Gasteiger partial charge in [0.15, 0.2) is 11.4 Å². The summed E-state index contributed by atoms with van der Waals surface area (Å²) >= 11 is 0. The van der Waals surface area contributed by atoms with E-state index in [9.17, 15) is 14.9 Å². The lowest BCUT2D eigenvalue weighted by molar-refractivity contribution is -0.105. The lowest BCUT2D eigenvalue weighted by Crippen LogP contribution is -2.34. The fraction of sp³-hybridized carbons (Fsp3) is 0.333. The number of aromatic nitrogens is 2. The summed E-state index contributed by atoms with van der Waals surface area (Å²) in [5.41, 5.74) is 2.14. The van der Waals surface area contributed by atoms with Crippen molar-refractivity contribution in [2.24, 2.45) is 0 Å². The van der Waals surface area contributed by atoms with Crippen molar-refractivity contribution >= 4 is 18.2 Å². The van der Waals surface area contributed by atoms with E-state index in [0.29, 0.717) is 31.9 Å². The van der Waals surface area contributed by atoms with Crippen LogP contribution in [0, 0.1) is 11.3 Å². The zero-order chi connectivity index (χ0) is 17.8. The Kier molecular flexibility index (Phi) is 4.80. The molecular weight excluding hydrogens is 318 g/mol. The highest BCUT2D eigenvalue weighted by Gasteiger charge is 2.22. The fourth-order valence-electron chi connectivity index (χ4n) is 3.21. The quantitative estimate of drug-likeness (QED) is 0.850. The van der Waals surface area contributed by atoms with E-state index in [2.05, 4.69) is 22.4 Å². The van der Waals surface area contributed by atoms with Crippen molar-refractivity contribution < 1.29 is 4.79 Å². The molecule has 1 N–H and O–H groups in total. The van der Waals surface area contributed by atoms with Gasteiger partial charge in [0.05, 0.1) is 0 Å². The van der Waals surface area contributed by atoms with Gasteiger partial charge >= 0.3 is 0 Å². The van der Waals surface area contributed by atoms with Gasteiger partial charge in [0.1, 0.15) is 6.07 Å². The van der Waals surface area contributed by atoms with Crippen LogP contribution < -0.4 is 15.8 Å². The number of carbonyl (C=O) groups is 1. The van der Waals surface area contributed by atoms with Crippen molar-refractivity contribution in [2.75, 3.05) is 23.3 Å². The number of hydrogen-bond donors (Lipinski definition) is 1. The van der Waals surface area contributed by atoms with Gasteiger partial charge in [-0.3, -0.25) is 19.5 Å². The van der Waals surface area contributed by atoms with Gasteiger partial charge in [0.25, 0.3) is 5.56 Å². The first-order chi connectivity index (χ1) is 12.2. The molecule has 7 heteroatoms. The second-order valence-corrected chi connectivity index (χ2v) is 5.81. The van der Waals surface area contributed by atoms with Gasteiger partial charge in [-0.1, -0.05) is 24.3 Å². The van der Waals surface area contributed by atoms with E-state index < -0.39 is 5.56 Å². The first-order valence-electron chi connectivity index (χ1n) is 8.26. The van der Waals surface area contributed by atoms with Crippen LogP contribution in [-0.2, 0) is 24.2 Å². The predicted octanol–water partition coefficient (Wildman–Crippen LogP) is 1.31. The molecule has 0 radical (unpaired) electrons. The summed E-state index contributed by atoms with van der Waals surface area (Å²) < 4.78 is 1.29. The van der Waals surface area contributed by atoms with Crippen molar-refractivity contribution in [1.29, 1.82) is 5.26 Å². The van der Waals surface area contributed by atoms with Gasteiger partial charge in [0, 0.05) is 19.6 Å². The highest BCUT2D eigenvalue weighted by Crippen LogP contribution is 2.22. The van der Waals surface area contributed by atoms with Crippen LogP contribution in [0.4, 0.5) is 11.8 Å². The van der Waals surface area contributed by atoms with E-state index >= 15 is 0 Å². The lowest BCUT2D eigenvalue weighted by atomic mass is 10.0. The molecular formula is C18H19N5O2. The minimum atomic E-state index is -0.430. The van der Waals surface area contributed by atoms with Crippen LogP contribution in [0.5, 0.6) is 0 Å². The maximum atomic E-state index is 12.6. The summed E-state index contributed by atoms with van der Waals surface area (Å²) in [5.74, 6) is 0.507. The molecule has 1 aromatic heterocycles. The largest absolute Gasteiger partial charge is 0.355 e. The molecule has 0 aliphatic carbocycles. The van der Waals surface area contributed by atoms with Gasteiger partial charge in [-0.15, -0.1) is 0 Å². The van der Waals surface area contributed by atoms with Crippen molar-refractivity contribution in [3.63, 3.8) is 0 Å². The molecule has 0 atom stereocenters. The van der Waals surface area contributed by atoms with Crippen LogP contribution in [-0.4, -0.2) is 29.1 Å². The molecule has 3 rings (SSSR count). The monoisotopic (exact) mass is 337 g/mol. The fourth-order valence-corrected chi connectivity index (χ4v) is 3.21. The highest BCUT2D eigenvalue weighted by atomic mass is 16.1. The van der Waals surface area contributed by atoms with Crippen LogP contribution in [0.15, 0.2) is 29.1 Å². The predicted molar refractivity (Wildman–Crippen MR) is 94.6 cm³/mol. The van der Waals surface area contributed by atoms with E-state index in [1.807, 2.05) is 23.1 Å². The van der Waals surface area contributed by atoms with E-state index in [1.54, 1.807) is 6.92 Å². The van der Waals surface area contributed by atoms with Crippen LogP contribution in [0.25, 0.3) is 0 Å². The Hall–Kier alpha value is -3.14. The van der Waals surface area contributed by atoms with E-state index in [-0.39, 0.29) is 11.5 Å². The van der Waals surface area contributed by atoms with Crippen molar-refractivity contribution in [3.05, 3.63) is 51.3 Å². The average Bonchev–Trinajstić information content (AvgIpc) is 2.84. The molecule has 0 fully saturated rings. The molecule has 0 spiro atoms. The number of hydrogen-bond acceptors (Lipinski definition) is 5. The number of rotatable bonds is 4. The molecule has 7 nitrogen and oxygen atoms in total. The molecule has 128 valence electrons. The molecule has 1 aliphatic heterocycles. The summed E-state index contributed by atoms with van der Waals surface area (Å²) in [4.78, 5) is 29.8. The van der Waals surface area contributed by atoms with Gasteiger partial charge in [0.2, 0.25) is 12.4 Å². The topological polar surface area (TPSA) is 91.0 Å². The lowest BCUT2D eigenvalue weighted by Gasteiger charge is -2.23. The zero-order valence-corrected chi connectivity index (χ0v) is 14.0. The van der Waals surface area contributed by atoms with Crippen molar-refractivity contribution in [2.45, 2.75) is 26.3 Å². The van der Waals surface area contributed by atoms with E-state index in [0.717, 1.165) is 12.8 Å². The Bertz CT molecular complexity index is 870. The minimum Gasteiger partial charge on any atom is -0.355 e. The molecule has 2 heterocycles. The number of benzene rings is 1. The normalized spacial score (nSPS) is 13.5. The second kappa shape index (κ2) is 7.18. The number of amides is 1. The molecule has 2 aromatic rings. The average molecular weight is 337 g/mol. The third-order valence-corrected chi connectivity index (χ3v) is 4.49. The maximum Gasteiger partial charge on any atom is 0.275 e. The standard InChI is InChI=1S/C18H19N5O2/c1-2-23-17(25)15(11-19)16(21-18(23)20-12-24)22-9-7-13-5-3-4-6-14(13)8-10-22/h3-6,12H,2,7-10H2,1H3,(H,20,21,24). The Balaban J connectivity index is 2.04. The maximum absolute atomic E-state index is 12.6. The molecule has 1 aromatic carbocycles. The third-order valence-electron chi connectivity index (χ3n) is 4.49. The van der Waals surface area contributed by atoms with Gasteiger partial charge in [-0.05, 0) is 30.9 Å². The first-order valence-corrected chi connectivity index (χ1v) is 8.26. The van der Waals surface area contributed by atoms with Crippen LogP contribution in [0.3, 0.4) is 0 Å². The van der Waals surface area contributed by atoms with Crippen LogP contribution >= 0.6 is 0 Å². The summed E-state index contributed by atoms with van der Waals surface area (Å²) in [6, 6.07) is 10.2. The number of anilines is 2. The van der Waals surface area contributed by atoms with Crippen molar-refractivity contribution in [1.82, 2.24) is 9.55 Å². The molecule has 25 heavy (non-hydrogen) atoms. The zero-order valence-electron chi connectivity index (χ0n) is 14.0. The Morgan fingerprint density at radius 3 is 2.44 bits per heavy atom. The molecule has 1 aliphatic rings. The van der Waals surface area contributed by atoms with Gasteiger partial charge in [-0.25, -0.2) is 0 Å². The second-order valence-electron chi connectivity index (χ2n) is 5.81. The van der Waals surface area contributed by atoms with Crippen LogP contribution in [0.2, 0.25) is 0 Å². The molecule has 0 bridgehead atoms. The third kappa shape index (κ3) is 3.11. The summed E-state index contributed by atoms with van der Waals surface area (Å²) in [6.07, 6.45) is 2.12. The molecule has 0 saturated heterocycles. The number of fused-ring (bicyclic) bond motifs is 1. The summed E-state index contributed by atoms with van der Waals surface area (Å²) in [5, 5.41) is 12.0. The van der Waals surface area contributed by atoms with Crippen molar-refractivity contribution in [3.8, 4) is 6.07 Å². The molecule has 1 amide bonds. The Morgan fingerprint density at radius 2 is 1.92 bits per heavy atom. The smallest absolute Gasteiger partial charge is 0.275 e. The SMILES string of the molecule is CCn1c(NC=O)nc(N2CCc3ccccc3CC2)c(C#N)c1=O. The van der Waals surface area contributed by atoms with E-state index in [4.69, 9.17) is 0 Å². The van der Waals surface area contributed by atoms with Crippen LogP contribution in [0.1, 0.15) is 23.6 Å². The minimum absolute atomic E-state index is 0.0178. The Labute approximate surface area is 145 Å². The highest BCUT2D eigenvalue weighted by molar-refractivity contribution is 5.69. The number of carbonyl (C=O) groups excluding carboxylic acids is 1. The summed E-state index contributed by atoms with van der Waals surface area (Å²) in [6.45, 7) is 3.41. The number of nitrogens with zero attached hydrogens (tertiary/aromatic N) is 4. The van der Waals surface area contributed by atoms with Gasteiger partial charge in [-0.2, -0.15) is 10.2 Å². The van der Waals surface area contributed by atoms with E-state index in [1.165, 1.54) is 15.7 Å². The summed E-state index contributed by atoms with van der Waals surface area (Å²) in [7, 11) is 0.